The van der Waals surface area contributed by atoms with Crippen LogP contribution in [-0.4, -0.2) is 25.8 Å². The highest BCUT2D eigenvalue weighted by molar-refractivity contribution is 5.94. The minimum atomic E-state index is -0.563. The van der Waals surface area contributed by atoms with E-state index in [1.54, 1.807) is 19.2 Å². The van der Waals surface area contributed by atoms with Crippen molar-refractivity contribution in [2.75, 3.05) is 0 Å². The summed E-state index contributed by atoms with van der Waals surface area (Å²) in [6.45, 7) is 1.68. The van der Waals surface area contributed by atoms with Gasteiger partial charge in [-0.25, -0.2) is 19.3 Å². The van der Waals surface area contributed by atoms with Gasteiger partial charge in [0.15, 0.2) is 0 Å². The molecule has 0 aliphatic heterocycles. The largest absolute Gasteiger partial charge is 0.342 e. The number of aromatic nitrogens is 4. The van der Waals surface area contributed by atoms with Crippen molar-refractivity contribution < 1.29 is 9.18 Å². The summed E-state index contributed by atoms with van der Waals surface area (Å²) < 4.78 is 12.9. The fourth-order valence-corrected chi connectivity index (χ4v) is 2.20. The van der Waals surface area contributed by atoms with E-state index in [-0.39, 0.29) is 11.4 Å². The Balaban J connectivity index is 1.83. The van der Waals surface area contributed by atoms with Gasteiger partial charge in [0.25, 0.3) is 11.5 Å². The highest BCUT2D eigenvalue weighted by Crippen LogP contribution is 2.14. The first-order valence-corrected chi connectivity index (χ1v) is 7.47. The molecule has 3 aromatic rings. The SMILES string of the molecule is CC(NC(=O)c1ccc(F)cc1)c1nc(-c2ccncn2)cc(=O)[nH]1. The van der Waals surface area contributed by atoms with E-state index < -0.39 is 17.8 Å². The third-order valence-corrected chi connectivity index (χ3v) is 3.47. The fourth-order valence-electron chi connectivity index (χ4n) is 2.20. The van der Waals surface area contributed by atoms with Crippen molar-refractivity contribution in [3.63, 3.8) is 0 Å². The van der Waals surface area contributed by atoms with Crippen LogP contribution in [0.5, 0.6) is 0 Å². The van der Waals surface area contributed by atoms with Crippen LogP contribution < -0.4 is 10.9 Å². The van der Waals surface area contributed by atoms with Crippen molar-refractivity contribution in [1.29, 1.82) is 0 Å². The predicted molar refractivity (Wildman–Crippen MR) is 88.2 cm³/mol. The first-order chi connectivity index (χ1) is 12.0. The summed E-state index contributed by atoms with van der Waals surface area (Å²) in [7, 11) is 0. The second-order valence-corrected chi connectivity index (χ2v) is 5.31. The molecule has 0 radical (unpaired) electrons. The van der Waals surface area contributed by atoms with E-state index in [2.05, 4.69) is 25.3 Å². The molecule has 1 atom stereocenters. The number of carbonyl (C=O) groups excluding carboxylic acids is 1. The number of nitrogens with one attached hydrogen (secondary N) is 2. The molecule has 2 heterocycles. The predicted octanol–water partition coefficient (Wildman–Crippen LogP) is 1.86. The number of hydrogen-bond donors (Lipinski definition) is 2. The van der Waals surface area contributed by atoms with Crippen molar-refractivity contribution in [3.8, 4) is 11.4 Å². The molecular formula is C17H14FN5O2. The first kappa shape index (κ1) is 16.4. The molecular weight excluding hydrogens is 325 g/mol. The van der Waals surface area contributed by atoms with Gasteiger partial charge in [0.1, 0.15) is 18.0 Å². The van der Waals surface area contributed by atoms with Gasteiger partial charge in [-0.2, -0.15) is 0 Å². The normalized spacial score (nSPS) is 11.8. The van der Waals surface area contributed by atoms with E-state index in [1.165, 1.54) is 36.7 Å². The summed E-state index contributed by atoms with van der Waals surface area (Å²) in [5.41, 5.74) is 0.826. The van der Waals surface area contributed by atoms with Crippen LogP contribution in [0.2, 0.25) is 0 Å². The van der Waals surface area contributed by atoms with Gasteiger partial charge in [0, 0.05) is 17.8 Å². The van der Waals surface area contributed by atoms with Gasteiger partial charge < -0.3 is 10.3 Å². The number of H-pyrrole nitrogens is 1. The standard InChI is InChI=1S/C17H14FN5O2/c1-10(21-17(25)11-2-4-12(18)5-3-11)16-22-14(8-15(24)23-16)13-6-7-19-9-20-13/h2-10H,1H3,(H,21,25)(H,22,23,24). The number of aromatic amines is 1. The Morgan fingerprint density at radius 2 is 1.96 bits per heavy atom. The number of carbonyl (C=O) groups is 1. The second kappa shape index (κ2) is 7.00. The summed E-state index contributed by atoms with van der Waals surface area (Å²) in [4.78, 5) is 38.9. The van der Waals surface area contributed by atoms with Crippen LogP contribution in [0.25, 0.3) is 11.4 Å². The lowest BCUT2D eigenvalue weighted by Gasteiger charge is -2.14. The molecule has 2 N–H and O–H groups in total. The number of halogens is 1. The maximum absolute atomic E-state index is 12.9. The Morgan fingerprint density at radius 3 is 2.64 bits per heavy atom. The molecule has 126 valence electrons. The number of benzene rings is 1. The molecule has 0 aliphatic rings. The average molecular weight is 339 g/mol. The van der Waals surface area contributed by atoms with Gasteiger partial charge in [0.05, 0.1) is 17.4 Å². The van der Waals surface area contributed by atoms with Gasteiger partial charge in [0.2, 0.25) is 0 Å². The number of rotatable bonds is 4. The van der Waals surface area contributed by atoms with E-state index >= 15 is 0 Å². The summed E-state index contributed by atoms with van der Waals surface area (Å²) in [5, 5.41) is 2.71. The van der Waals surface area contributed by atoms with Crippen LogP contribution in [0.4, 0.5) is 4.39 Å². The molecule has 2 aromatic heterocycles. The second-order valence-electron chi connectivity index (χ2n) is 5.31. The molecule has 0 bridgehead atoms. The molecule has 1 unspecified atom stereocenters. The lowest BCUT2D eigenvalue weighted by atomic mass is 10.2. The van der Waals surface area contributed by atoms with Crippen LogP contribution >= 0.6 is 0 Å². The first-order valence-electron chi connectivity index (χ1n) is 7.47. The molecule has 0 saturated heterocycles. The number of amides is 1. The molecule has 7 nitrogen and oxygen atoms in total. The third-order valence-electron chi connectivity index (χ3n) is 3.47. The fraction of sp³-hybridized carbons (Fsp3) is 0.118. The Morgan fingerprint density at radius 1 is 1.20 bits per heavy atom. The molecule has 1 amide bonds. The van der Waals surface area contributed by atoms with Crippen LogP contribution in [0.3, 0.4) is 0 Å². The highest BCUT2D eigenvalue weighted by Gasteiger charge is 2.15. The number of nitrogens with zero attached hydrogens (tertiary/aromatic N) is 3. The monoisotopic (exact) mass is 339 g/mol. The zero-order valence-electron chi connectivity index (χ0n) is 13.2. The zero-order chi connectivity index (χ0) is 17.8. The van der Waals surface area contributed by atoms with Crippen molar-refractivity contribution in [1.82, 2.24) is 25.3 Å². The molecule has 0 saturated carbocycles. The van der Waals surface area contributed by atoms with Gasteiger partial charge in [-0.3, -0.25) is 9.59 Å². The summed E-state index contributed by atoms with van der Waals surface area (Å²) in [6.07, 6.45) is 2.90. The van der Waals surface area contributed by atoms with Crippen molar-refractivity contribution in [3.05, 3.63) is 76.5 Å². The molecule has 3 rings (SSSR count). The van der Waals surface area contributed by atoms with E-state index in [1.807, 2.05) is 0 Å². The maximum Gasteiger partial charge on any atom is 0.251 e. The van der Waals surface area contributed by atoms with Crippen LogP contribution in [0, 0.1) is 5.82 Å². The van der Waals surface area contributed by atoms with Crippen LogP contribution in [0.15, 0.2) is 53.7 Å². The Kier molecular flexibility index (Phi) is 4.60. The average Bonchev–Trinajstić information content (AvgIpc) is 2.62. The molecule has 0 fully saturated rings. The molecule has 8 heteroatoms. The summed E-state index contributed by atoms with van der Waals surface area (Å²) in [5.74, 6) is -0.535. The van der Waals surface area contributed by atoms with E-state index in [0.717, 1.165) is 0 Å². The van der Waals surface area contributed by atoms with Crippen molar-refractivity contribution in [2.45, 2.75) is 13.0 Å². The zero-order valence-corrected chi connectivity index (χ0v) is 13.2. The smallest absolute Gasteiger partial charge is 0.251 e. The minimum absolute atomic E-state index is 0.288. The van der Waals surface area contributed by atoms with Crippen molar-refractivity contribution in [2.24, 2.45) is 0 Å². The number of hydrogen-bond acceptors (Lipinski definition) is 5. The third kappa shape index (κ3) is 3.92. The van der Waals surface area contributed by atoms with Gasteiger partial charge >= 0.3 is 0 Å². The lowest BCUT2D eigenvalue weighted by Crippen LogP contribution is -2.29. The van der Waals surface area contributed by atoms with Gasteiger partial charge in [-0.1, -0.05) is 0 Å². The molecule has 1 aromatic carbocycles. The van der Waals surface area contributed by atoms with E-state index in [9.17, 15) is 14.0 Å². The minimum Gasteiger partial charge on any atom is -0.342 e. The van der Waals surface area contributed by atoms with Crippen LogP contribution in [-0.2, 0) is 0 Å². The summed E-state index contributed by atoms with van der Waals surface area (Å²) in [6, 6.07) is 7.56. The van der Waals surface area contributed by atoms with Crippen molar-refractivity contribution >= 4 is 5.91 Å². The Hall–Kier alpha value is -3.42. The topological polar surface area (TPSA) is 101 Å². The van der Waals surface area contributed by atoms with E-state index in [0.29, 0.717) is 17.0 Å². The Labute approximate surface area is 142 Å². The maximum atomic E-state index is 12.9. The molecule has 25 heavy (non-hydrogen) atoms. The quantitative estimate of drug-likeness (QED) is 0.755. The van der Waals surface area contributed by atoms with Crippen LogP contribution in [0.1, 0.15) is 29.1 Å². The molecule has 0 aliphatic carbocycles. The van der Waals surface area contributed by atoms with E-state index in [4.69, 9.17) is 0 Å². The van der Waals surface area contributed by atoms with Gasteiger partial charge in [-0.05, 0) is 37.3 Å². The molecule has 0 spiro atoms. The Bertz CT molecular complexity index is 941. The summed E-state index contributed by atoms with van der Waals surface area (Å²) >= 11 is 0. The van der Waals surface area contributed by atoms with Gasteiger partial charge in [-0.15, -0.1) is 0 Å². The highest BCUT2D eigenvalue weighted by atomic mass is 19.1. The lowest BCUT2D eigenvalue weighted by molar-refractivity contribution is 0.0938.